The van der Waals surface area contributed by atoms with Crippen LogP contribution < -0.4 is 5.32 Å². The second kappa shape index (κ2) is 9.17. The summed E-state index contributed by atoms with van der Waals surface area (Å²) in [6.45, 7) is 10.0. The Morgan fingerprint density at radius 2 is 2.26 bits per heavy atom. The van der Waals surface area contributed by atoms with Gasteiger partial charge in [0.1, 0.15) is 5.01 Å². The van der Waals surface area contributed by atoms with Crippen LogP contribution in [0.1, 0.15) is 37.9 Å². The van der Waals surface area contributed by atoms with Crippen molar-refractivity contribution in [2.45, 2.75) is 39.2 Å². The predicted octanol–water partition coefficient (Wildman–Crippen LogP) is 3.10. The van der Waals surface area contributed by atoms with Crippen molar-refractivity contribution in [3.8, 4) is 0 Å². The summed E-state index contributed by atoms with van der Waals surface area (Å²) in [6.07, 6.45) is 1.14. The molecule has 2 rings (SSSR count). The van der Waals surface area contributed by atoms with E-state index in [2.05, 4.69) is 48.4 Å². The van der Waals surface area contributed by atoms with Gasteiger partial charge >= 0.3 is 0 Å². The normalized spacial score (nSPS) is 18.7. The average molecular weight is 452 g/mol. The molecule has 5 nitrogen and oxygen atoms in total. The first kappa shape index (κ1) is 20.6. The number of hydrogen-bond acceptors (Lipinski definition) is 4. The van der Waals surface area contributed by atoms with Crippen molar-refractivity contribution in [3.05, 3.63) is 16.1 Å². The first-order valence-electron chi connectivity index (χ1n) is 7.84. The molecule has 0 amide bonds. The maximum Gasteiger partial charge on any atom is 0.193 e. The minimum atomic E-state index is 0. The van der Waals surface area contributed by atoms with Gasteiger partial charge in [-0.05, 0) is 6.42 Å². The molecule has 0 saturated carbocycles. The average Bonchev–Trinajstić information content (AvgIpc) is 3.09. The number of thiazole rings is 1. The van der Waals surface area contributed by atoms with Crippen molar-refractivity contribution in [2.24, 2.45) is 10.9 Å². The smallest absolute Gasteiger partial charge is 0.193 e. The van der Waals surface area contributed by atoms with Crippen molar-refractivity contribution in [1.29, 1.82) is 0 Å². The van der Waals surface area contributed by atoms with Crippen LogP contribution in [0.5, 0.6) is 0 Å². The highest BCUT2D eigenvalue weighted by Crippen LogP contribution is 2.23. The Bertz CT molecular complexity index is 506. The van der Waals surface area contributed by atoms with E-state index < -0.39 is 0 Å². The van der Waals surface area contributed by atoms with Gasteiger partial charge in [-0.2, -0.15) is 0 Å². The molecule has 7 heteroatoms. The second-order valence-electron chi connectivity index (χ2n) is 6.89. The van der Waals surface area contributed by atoms with Crippen LogP contribution in [-0.2, 0) is 16.7 Å². The maximum absolute atomic E-state index is 5.44. The van der Waals surface area contributed by atoms with Crippen LogP contribution in [0.15, 0.2) is 10.4 Å². The summed E-state index contributed by atoms with van der Waals surface area (Å²) in [4.78, 5) is 11.3. The summed E-state index contributed by atoms with van der Waals surface area (Å²) < 4.78 is 5.44. The Kier molecular flexibility index (Phi) is 8.23. The molecule has 1 aliphatic rings. The quantitative estimate of drug-likeness (QED) is 0.434. The van der Waals surface area contributed by atoms with E-state index >= 15 is 0 Å². The van der Waals surface area contributed by atoms with Crippen molar-refractivity contribution < 1.29 is 4.74 Å². The van der Waals surface area contributed by atoms with E-state index in [0.717, 1.165) is 49.4 Å². The van der Waals surface area contributed by atoms with Gasteiger partial charge < -0.3 is 15.0 Å². The Balaban J connectivity index is 0.00000264. The molecule has 1 fully saturated rings. The largest absolute Gasteiger partial charge is 0.381 e. The molecule has 0 aromatic carbocycles. The van der Waals surface area contributed by atoms with E-state index in [-0.39, 0.29) is 29.4 Å². The molecule has 0 spiro atoms. The molecule has 1 unspecified atom stereocenters. The van der Waals surface area contributed by atoms with E-state index in [1.807, 2.05) is 7.05 Å². The Labute approximate surface area is 160 Å². The van der Waals surface area contributed by atoms with Crippen LogP contribution in [0.25, 0.3) is 0 Å². The Morgan fingerprint density at radius 3 is 2.78 bits per heavy atom. The minimum Gasteiger partial charge on any atom is -0.381 e. The molecule has 1 saturated heterocycles. The highest BCUT2D eigenvalue weighted by Gasteiger charge is 2.20. The molecule has 0 aliphatic carbocycles. The summed E-state index contributed by atoms with van der Waals surface area (Å²) in [5.74, 6) is 1.52. The van der Waals surface area contributed by atoms with E-state index in [1.54, 1.807) is 11.3 Å². The van der Waals surface area contributed by atoms with E-state index in [4.69, 9.17) is 9.72 Å². The summed E-state index contributed by atoms with van der Waals surface area (Å²) in [7, 11) is 3.91. The third-order valence-electron chi connectivity index (χ3n) is 3.85. The van der Waals surface area contributed by atoms with Gasteiger partial charge in [-0.1, -0.05) is 20.8 Å². The van der Waals surface area contributed by atoms with Crippen LogP contribution in [-0.4, -0.2) is 49.7 Å². The molecule has 1 aliphatic heterocycles. The molecule has 2 heterocycles. The lowest BCUT2D eigenvalue weighted by Crippen LogP contribution is -2.41. The monoisotopic (exact) mass is 452 g/mol. The second-order valence-corrected chi connectivity index (χ2v) is 7.83. The van der Waals surface area contributed by atoms with Gasteiger partial charge in [0.05, 0.1) is 18.8 Å². The number of halogens is 1. The predicted molar refractivity (Wildman–Crippen MR) is 108 cm³/mol. The number of rotatable bonds is 4. The number of aromatic nitrogens is 1. The third-order valence-corrected chi connectivity index (χ3v) is 4.70. The molecular weight excluding hydrogens is 423 g/mol. The lowest BCUT2D eigenvalue weighted by molar-refractivity contribution is 0.181. The van der Waals surface area contributed by atoms with Crippen molar-refractivity contribution in [3.63, 3.8) is 0 Å². The van der Waals surface area contributed by atoms with Gasteiger partial charge in [-0.15, -0.1) is 35.3 Å². The Hall–Kier alpha value is -0.410. The highest BCUT2D eigenvalue weighted by atomic mass is 127. The van der Waals surface area contributed by atoms with Crippen molar-refractivity contribution in [2.75, 3.05) is 33.9 Å². The van der Waals surface area contributed by atoms with Crippen LogP contribution in [0.3, 0.4) is 0 Å². The SMILES string of the molecule is CN=C(NCc1nc(C(C)(C)C)cs1)N(C)CC1CCOC1.I. The first-order valence-corrected chi connectivity index (χ1v) is 8.72. The van der Waals surface area contributed by atoms with Crippen LogP contribution in [0.4, 0.5) is 0 Å². The molecule has 0 bridgehead atoms. The van der Waals surface area contributed by atoms with Crippen LogP contribution in [0.2, 0.25) is 0 Å². The molecule has 0 radical (unpaired) electrons. The first-order chi connectivity index (χ1) is 10.4. The topological polar surface area (TPSA) is 49.8 Å². The molecule has 23 heavy (non-hydrogen) atoms. The summed E-state index contributed by atoms with van der Waals surface area (Å²) in [5.41, 5.74) is 1.26. The van der Waals surface area contributed by atoms with E-state index in [1.165, 1.54) is 0 Å². The minimum absolute atomic E-state index is 0. The number of guanidine groups is 1. The summed E-state index contributed by atoms with van der Waals surface area (Å²) >= 11 is 1.71. The maximum atomic E-state index is 5.44. The molecule has 1 aromatic heterocycles. The number of hydrogen-bond donors (Lipinski definition) is 1. The lowest BCUT2D eigenvalue weighted by atomic mass is 9.93. The standard InChI is InChI=1S/C16H28N4OS.HI/c1-16(2,3)13-11-22-14(19-13)8-18-15(17-4)20(5)9-12-6-7-21-10-12;/h11-12H,6-10H2,1-5H3,(H,17,18);1H. The van der Waals surface area contributed by atoms with Gasteiger partial charge in [0.2, 0.25) is 0 Å². The zero-order valence-electron chi connectivity index (χ0n) is 14.8. The number of aliphatic imine (C=N–C) groups is 1. The zero-order chi connectivity index (χ0) is 16.2. The third kappa shape index (κ3) is 6.19. The van der Waals surface area contributed by atoms with Crippen molar-refractivity contribution >= 4 is 41.3 Å². The van der Waals surface area contributed by atoms with Gasteiger partial charge in [0.15, 0.2) is 5.96 Å². The van der Waals surface area contributed by atoms with Gasteiger partial charge in [-0.25, -0.2) is 4.98 Å². The highest BCUT2D eigenvalue weighted by molar-refractivity contribution is 14.0. The molecule has 132 valence electrons. The molecule has 1 atom stereocenters. The molecule has 1 aromatic rings. The fourth-order valence-electron chi connectivity index (χ4n) is 2.48. The molecule has 1 N–H and O–H groups in total. The van der Waals surface area contributed by atoms with Crippen LogP contribution in [0, 0.1) is 5.92 Å². The van der Waals surface area contributed by atoms with Crippen molar-refractivity contribution in [1.82, 2.24) is 15.2 Å². The van der Waals surface area contributed by atoms with Gasteiger partial charge in [0.25, 0.3) is 0 Å². The summed E-state index contributed by atoms with van der Waals surface area (Å²) in [6, 6.07) is 0. The number of ether oxygens (including phenoxy) is 1. The zero-order valence-corrected chi connectivity index (χ0v) is 17.9. The number of nitrogens with one attached hydrogen (secondary N) is 1. The Morgan fingerprint density at radius 1 is 1.52 bits per heavy atom. The van der Waals surface area contributed by atoms with E-state index in [0.29, 0.717) is 5.92 Å². The van der Waals surface area contributed by atoms with Gasteiger partial charge in [-0.3, -0.25) is 4.99 Å². The fraction of sp³-hybridized carbons (Fsp3) is 0.750. The molecular formula is C16H29IN4OS. The number of nitrogens with zero attached hydrogens (tertiary/aromatic N) is 3. The summed E-state index contributed by atoms with van der Waals surface area (Å²) in [5, 5.41) is 6.66. The van der Waals surface area contributed by atoms with Crippen LogP contribution >= 0.6 is 35.3 Å². The lowest BCUT2D eigenvalue weighted by Gasteiger charge is -2.24. The fourth-order valence-corrected chi connectivity index (χ4v) is 3.44. The van der Waals surface area contributed by atoms with E-state index in [9.17, 15) is 0 Å². The van der Waals surface area contributed by atoms with Gasteiger partial charge in [0, 0.05) is 44.0 Å².